The molecule has 0 aliphatic rings. The molecule has 0 aliphatic heterocycles. The topological polar surface area (TPSA) is 92.5 Å². The van der Waals surface area contributed by atoms with E-state index in [1.807, 2.05) is 43.3 Å². The van der Waals surface area contributed by atoms with Gasteiger partial charge in [0.2, 0.25) is 10.0 Å². The first-order valence-electron chi connectivity index (χ1n) is 7.21. The second-order valence-electron chi connectivity index (χ2n) is 5.59. The summed E-state index contributed by atoms with van der Waals surface area (Å²) in [5, 5.41) is 10.8. The largest absolute Gasteiger partial charge is 0.378 e. The van der Waals surface area contributed by atoms with Crippen LogP contribution in [0, 0.1) is 17.0 Å². The van der Waals surface area contributed by atoms with E-state index in [0.717, 1.165) is 17.3 Å². The molecule has 0 unspecified atom stereocenters. The van der Waals surface area contributed by atoms with Gasteiger partial charge < -0.3 is 4.90 Å². The van der Waals surface area contributed by atoms with Crippen molar-refractivity contribution >= 4 is 21.4 Å². The van der Waals surface area contributed by atoms with Crippen molar-refractivity contribution in [3.8, 4) is 0 Å². The molecule has 0 amide bonds. The van der Waals surface area contributed by atoms with E-state index in [1.165, 1.54) is 12.1 Å². The molecular weight excluding hydrogens is 330 g/mol. The highest BCUT2D eigenvalue weighted by Crippen LogP contribution is 2.22. The summed E-state index contributed by atoms with van der Waals surface area (Å²) in [5.41, 5.74) is 2.01. The van der Waals surface area contributed by atoms with E-state index in [4.69, 9.17) is 0 Å². The predicted molar refractivity (Wildman–Crippen MR) is 92.6 cm³/mol. The van der Waals surface area contributed by atoms with Gasteiger partial charge in [0, 0.05) is 38.5 Å². The Labute approximate surface area is 141 Å². The molecule has 2 aromatic rings. The summed E-state index contributed by atoms with van der Waals surface area (Å²) in [4.78, 5) is 12.1. The Bertz CT molecular complexity index is 846. The molecule has 1 N–H and O–H groups in total. The molecule has 7 nitrogen and oxygen atoms in total. The van der Waals surface area contributed by atoms with E-state index in [1.54, 1.807) is 6.92 Å². The molecule has 0 heterocycles. The molecular formula is C16H19N3O4S. The number of benzene rings is 2. The summed E-state index contributed by atoms with van der Waals surface area (Å²) in [6.07, 6.45) is 0. The quantitative estimate of drug-likeness (QED) is 0.639. The molecule has 0 saturated carbocycles. The molecule has 0 aromatic heterocycles. The van der Waals surface area contributed by atoms with Gasteiger partial charge in [0.15, 0.2) is 0 Å². The van der Waals surface area contributed by atoms with Crippen LogP contribution in [0.4, 0.5) is 11.4 Å². The molecule has 0 saturated heterocycles. The van der Waals surface area contributed by atoms with Crippen molar-refractivity contribution < 1.29 is 13.3 Å². The van der Waals surface area contributed by atoms with Crippen LogP contribution in [-0.2, 0) is 16.6 Å². The number of nitro benzene ring substituents is 1. The Morgan fingerprint density at radius 1 is 1.12 bits per heavy atom. The van der Waals surface area contributed by atoms with E-state index in [2.05, 4.69) is 4.72 Å². The number of non-ortho nitro benzene ring substituents is 1. The van der Waals surface area contributed by atoms with Crippen LogP contribution >= 0.6 is 0 Å². The highest BCUT2D eigenvalue weighted by Gasteiger charge is 2.20. The normalized spacial score (nSPS) is 11.3. The van der Waals surface area contributed by atoms with Crippen LogP contribution in [0.15, 0.2) is 47.4 Å². The number of nitrogens with zero attached hydrogens (tertiary/aromatic N) is 2. The highest BCUT2D eigenvalue weighted by atomic mass is 32.2. The van der Waals surface area contributed by atoms with E-state index in [9.17, 15) is 18.5 Å². The second-order valence-corrected chi connectivity index (χ2v) is 7.33. The lowest BCUT2D eigenvalue weighted by molar-refractivity contribution is -0.385. The first-order valence-corrected chi connectivity index (χ1v) is 8.70. The molecule has 0 atom stereocenters. The van der Waals surface area contributed by atoms with Crippen molar-refractivity contribution in [3.63, 3.8) is 0 Å². The van der Waals surface area contributed by atoms with Gasteiger partial charge in [-0.1, -0.05) is 18.2 Å². The van der Waals surface area contributed by atoms with Gasteiger partial charge >= 0.3 is 0 Å². The zero-order valence-corrected chi connectivity index (χ0v) is 14.5. The summed E-state index contributed by atoms with van der Waals surface area (Å²) < 4.78 is 27.4. The molecule has 2 rings (SSSR count). The van der Waals surface area contributed by atoms with Crippen molar-refractivity contribution in [2.75, 3.05) is 19.0 Å². The molecule has 0 fully saturated rings. The van der Waals surface area contributed by atoms with Gasteiger partial charge in [0.25, 0.3) is 5.69 Å². The number of rotatable bonds is 6. The van der Waals surface area contributed by atoms with Gasteiger partial charge in [-0.2, -0.15) is 0 Å². The highest BCUT2D eigenvalue weighted by molar-refractivity contribution is 7.89. The van der Waals surface area contributed by atoms with Crippen LogP contribution in [-0.4, -0.2) is 27.4 Å². The minimum Gasteiger partial charge on any atom is -0.378 e. The molecule has 8 heteroatoms. The lowest BCUT2D eigenvalue weighted by Crippen LogP contribution is -2.24. The fourth-order valence-corrected chi connectivity index (χ4v) is 3.44. The average Bonchev–Trinajstić information content (AvgIpc) is 2.53. The van der Waals surface area contributed by atoms with Gasteiger partial charge in [0.1, 0.15) is 0 Å². The molecule has 0 spiro atoms. The molecule has 128 valence electrons. The number of anilines is 1. The third-order valence-electron chi connectivity index (χ3n) is 3.59. The maximum Gasteiger partial charge on any atom is 0.270 e. The number of nitrogens with one attached hydrogen (secondary N) is 1. The smallest absolute Gasteiger partial charge is 0.270 e. The van der Waals surface area contributed by atoms with Crippen LogP contribution in [0.5, 0.6) is 0 Å². The zero-order chi connectivity index (χ0) is 17.9. The molecule has 24 heavy (non-hydrogen) atoms. The Morgan fingerprint density at radius 3 is 2.29 bits per heavy atom. The first-order chi connectivity index (χ1) is 11.2. The number of nitro groups is 1. The molecule has 0 aliphatic carbocycles. The maximum absolute atomic E-state index is 12.4. The Morgan fingerprint density at radius 2 is 1.75 bits per heavy atom. The fourth-order valence-electron chi connectivity index (χ4n) is 2.16. The van der Waals surface area contributed by atoms with Gasteiger partial charge in [-0.25, -0.2) is 13.1 Å². The second kappa shape index (κ2) is 6.98. The lowest BCUT2D eigenvalue weighted by Gasteiger charge is -2.13. The Balaban J connectivity index is 2.19. The van der Waals surface area contributed by atoms with Gasteiger partial charge in [-0.15, -0.1) is 0 Å². The summed E-state index contributed by atoms with van der Waals surface area (Å²) in [7, 11) is 0.00241. The SMILES string of the molecule is Cc1ccc([N+](=O)[O-])cc1S(=O)(=O)NCc1ccc(N(C)C)cc1. The summed E-state index contributed by atoms with van der Waals surface area (Å²) in [6, 6.07) is 11.2. The van der Waals surface area contributed by atoms with Crippen LogP contribution in [0.1, 0.15) is 11.1 Å². The van der Waals surface area contributed by atoms with E-state index >= 15 is 0 Å². The van der Waals surface area contributed by atoms with Crippen molar-refractivity contribution in [1.82, 2.24) is 4.72 Å². The van der Waals surface area contributed by atoms with Gasteiger partial charge in [-0.05, 0) is 30.2 Å². The van der Waals surface area contributed by atoms with Gasteiger partial charge in [-0.3, -0.25) is 10.1 Å². The summed E-state index contributed by atoms with van der Waals surface area (Å²) in [5.74, 6) is 0. The fraction of sp³-hybridized carbons (Fsp3) is 0.250. The lowest BCUT2D eigenvalue weighted by atomic mass is 10.2. The van der Waals surface area contributed by atoms with Crippen molar-refractivity contribution in [2.45, 2.75) is 18.4 Å². The number of aryl methyl sites for hydroxylation is 1. The number of hydrogen-bond acceptors (Lipinski definition) is 5. The summed E-state index contributed by atoms with van der Waals surface area (Å²) >= 11 is 0. The summed E-state index contributed by atoms with van der Waals surface area (Å²) in [6.45, 7) is 1.71. The van der Waals surface area contributed by atoms with E-state index < -0.39 is 14.9 Å². The van der Waals surface area contributed by atoms with Crippen LogP contribution in [0.2, 0.25) is 0 Å². The van der Waals surface area contributed by atoms with Gasteiger partial charge in [0.05, 0.1) is 9.82 Å². The molecule has 2 aromatic carbocycles. The van der Waals surface area contributed by atoms with Crippen LogP contribution in [0.3, 0.4) is 0 Å². The Kier molecular flexibility index (Phi) is 5.20. The zero-order valence-electron chi connectivity index (χ0n) is 13.7. The third-order valence-corrected chi connectivity index (χ3v) is 5.13. The standard InChI is InChI=1S/C16H19N3O4S/c1-12-4-7-15(19(20)21)10-16(12)24(22,23)17-11-13-5-8-14(9-6-13)18(2)3/h4-10,17H,11H2,1-3H3. The average molecular weight is 349 g/mol. The first kappa shape index (κ1) is 17.9. The Hall–Kier alpha value is -2.45. The predicted octanol–water partition coefficient (Wildman–Crippen LogP) is 2.45. The minimum absolute atomic E-state index is 0.0818. The monoisotopic (exact) mass is 349 g/mol. The number of hydrogen-bond donors (Lipinski definition) is 1. The van der Waals surface area contributed by atoms with E-state index in [0.29, 0.717) is 5.56 Å². The molecule has 0 bridgehead atoms. The molecule has 0 radical (unpaired) electrons. The van der Waals surface area contributed by atoms with Crippen molar-refractivity contribution in [3.05, 3.63) is 63.7 Å². The maximum atomic E-state index is 12.4. The van der Waals surface area contributed by atoms with Crippen LogP contribution in [0.25, 0.3) is 0 Å². The van der Waals surface area contributed by atoms with Crippen LogP contribution < -0.4 is 9.62 Å². The third kappa shape index (κ3) is 4.09. The van der Waals surface area contributed by atoms with Crippen molar-refractivity contribution in [1.29, 1.82) is 0 Å². The van der Waals surface area contributed by atoms with E-state index in [-0.39, 0.29) is 17.1 Å². The van der Waals surface area contributed by atoms with Crippen molar-refractivity contribution in [2.24, 2.45) is 0 Å². The minimum atomic E-state index is -3.84. The number of sulfonamides is 1.